The topological polar surface area (TPSA) is 96.4 Å². The first-order valence-corrected chi connectivity index (χ1v) is 5.25. The van der Waals surface area contributed by atoms with Crippen molar-refractivity contribution in [1.29, 1.82) is 0 Å². The molecule has 1 unspecified atom stereocenters. The smallest absolute Gasteiger partial charge is 0.200 e. The van der Waals surface area contributed by atoms with Crippen LogP contribution in [0.4, 0.5) is 0 Å². The van der Waals surface area contributed by atoms with Crippen molar-refractivity contribution >= 4 is 17.4 Å². The predicted octanol–water partition coefficient (Wildman–Crippen LogP) is -1.04. The van der Waals surface area contributed by atoms with E-state index in [1.54, 1.807) is 12.1 Å². The molecule has 7 nitrogen and oxygen atoms in total. The van der Waals surface area contributed by atoms with Gasteiger partial charge in [-0.05, 0) is 22.6 Å². The van der Waals surface area contributed by atoms with Crippen molar-refractivity contribution in [3.63, 3.8) is 0 Å². The van der Waals surface area contributed by atoms with Gasteiger partial charge in [-0.3, -0.25) is 0 Å². The molecule has 2 rings (SSSR count). The van der Waals surface area contributed by atoms with Gasteiger partial charge in [0.05, 0.1) is 12.7 Å². The summed E-state index contributed by atoms with van der Waals surface area (Å²) in [7, 11) is 0. The molecule has 0 aliphatic carbocycles. The zero-order valence-corrected chi connectivity index (χ0v) is 8.50. The Kier molecular flexibility index (Phi) is 3.09. The Morgan fingerprint density at radius 2 is 2.33 bits per heavy atom. The SMILES string of the molecule is OCC(O)CSc1ccc2nnnn2n1. The lowest BCUT2D eigenvalue weighted by Gasteiger charge is -2.04. The van der Waals surface area contributed by atoms with Gasteiger partial charge in [-0.1, -0.05) is 0 Å². The average molecular weight is 227 g/mol. The molecule has 2 N–H and O–H groups in total. The van der Waals surface area contributed by atoms with Gasteiger partial charge in [-0.15, -0.1) is 26.6 Å². The standard InChI is InChI=1S/C7H9N5O2S/c13-3-5(14)4-15-7-2-1-6-8-10-11-12(6)9-7/h1-2,5,13-14H,3-4H2. The summed E-state index contributed by atoms with van der Waals surface area (Å²) >= 11 is 1.33. The third kappa shape index (κ3) is 2.41. The first-order valence-electron chi connectivity index (χ1n) is 4.27. The zero-order chi connectivity index (χ0) is 10.7. The van der Waals surface area contributed by atoms with Crippen LogP contribution in [0.15, 0.2) is 17.2 Å². The Bertz CT molecular complexity index is 448. The maximum atomic E-state index is 9.15. The molecular weight excluding hydrogens is 218 g/mol. The minimum absolute atomic E-state index is 0.250. The first kappa shape index (κ1) is 10.3. The number of rotatable bonds is 4. The summed E-state index contributed by atoms with van der Waals surface area (Å²) in [5.74, 6) is 0.386. The number of fused-ring (bicyclic) bond motifs is 1. The zero-order valence-electron chi connectivity index (χ0n) is 7.69. The van der Waals surface area contributed by atoms with Crippen LogP contribution in [0.25, 0.3) is 5.65 Å². The molecule has 8 heteroatoms. The largest absolute Gasteiger partial charge is 0.394 e. The maximum Gasteiger partial charge on any atom is 0.200 e. The second kappa shape index (κ2) is 4.51. The van der Waals surface area contributed by atoms with E-state index in [0.29, 0.717) is 16.4 Å². The van der Waals surface area contributed by atoms with E-state index < -0.39 is 6.10 Å². The summed E-state index contributed by atoms with van der Waals surface area (Å²) in [5.41, 5.74) is 0.571. The van der Waals surface area contributed by atoms with Gasteiger partial charge in [-0.25, -0.2) is 0 Å². The van der Waals surface area contributed by atoms with Crippen LogP contribution in [-0.2, 0) is 0 Å². The van der Waals surface area contributed by atoms with Crippen molar-refractivity contribution in [2.24, 2.45) is 0 Å². The highest BCUT2D eigenvalue weighted by Crippen LogP contribution is 2.15. The molecule has 0 saturated carbocycles. The van der Waals surface area contributed by atoms with Crippen LogP contribution in [0.1, 0.15) is 0 Å². The van der Waals surface area contributed by atoms with Gasteiger partial charge in [0.1, 0.15) is 5.03 Å². The molecule has 15 heavy (non-hydrogen) atoms. The van der Waals surface area contributed by atoms with E-state index in [0.717, 1.165) is 0 Å². The molecule has 80 valence electrons. The molecule has 0 saturated heterocycles. The normalized spacial score (nSPS) is 13.2. The number of hydrogen-bond acceptors (Lipinski definition) is 7. The molecule has 0 fully saturated rings. The van der Waals surface area contributed by atoms with E-state index >= 15 is 0 Å². The molecule has 2 aromatic heterocycles. The Morgan fingerprint density at radius 3 is 3.13 bits per heavy atom. The Hall–Kier alpha value is -1.25. The summed E-state index contributed by atoms with van der Waals surface area (Å²) in [6, 6.07) is 3.50. The number of aliphatic hydroxyl groups excluding tert-OH is 2. The van der Waals surface area contributed by atoms with Crippen molar-refractivity contribution < 1.29 is 10.2 Å². The number of aliphatic hydroxyl groups is 2. The number of tetrazole rings is 1. The van der Waals surface area contributed by atoms with Gasteiger partial charge in [0.25, 0.3) is 0 Å². The molecule has 0 aromatic carbocycles. The van der Waals surface area contributed by atoms with Crippen LogP contribution in [0, 0.1) is 0 Å². The second-order valence-corrected chi connectivity index (χ2v) is 3.89. The molecule has 0 spiro atoms. The molecule has 2 heterocycles. The third-order valence-corrected chi connectivity index (χ3v) is 2.74. The fourth-order valence-electron chi connectivity index (χ4n) is 0.945. The highest BCUT2D eigenvalue weighted by Gasteiger charge is 2.05. The number of hydrogen-bond donors (Lipinski definition) is 2. The summed E-state index contributed by atoms with van der Waals surface area (Å²) in [4.78, 5) is 0. The fraction of sp³-hybridized carbons (Fsp3) is 0.429. The van der Waals surface area contributed by atoms with Crippen LogP contribution < -0.4 is 0 Å². The monoisotopic (exact) mass is 227 g/mol. The van der Waals surface area contributed by atoms with Crippen molar-refractivity contribution in [2.75, 3.05) is 12.4 Å². The lowest BCUT2D eigenvalue weighted by molar-refractivity contribution is 0.113. The van der Waals surface area contributed by atoms with Gasteiger partial charge in [0.2, 0.25) is 0 Å². The van der Waals surface area contributed by atoms with Crippen LogP contribution >= 0.6 is 11.8 Å². The van der Waals surface area contributed by atoms with Gasteiger partial charge in [-0.2, -0.15) is 0 Å². The summed E-state index contributed by atoms with van der Waals surface area (Å²) in [6.07, 6.45) is -0.735. The number of thioether (sulfide) groups is 1. The lowest BCUT2D eigenvalue weighted by atomic mass is 10.4. The number of nitrogens with zero attached hydrogens (tertiary/aromatic N) is 5. The summed E-state index contributed by atoms with van der Waals surface area (Å²) in [5, 5.41) is 33.4. The Labute approximate surface area is 89.1 Å². The Balaban J connectivity index is 2.08. The van der Waals surface area contributed by atoms with Gasteiger partial charge >= 0.3 is 0 Å². The minimum Gasteiger partial charge on any atom is -0.394 e. The van der Waals surface area contributed by atoms with E-state index in [1.807, 2.05) is 0 Å². The van der Waals surface area contributed by atoms with Crippen LogP contribution in [0.2, 0.25) is 0 Å². The van der Waals surface area contributed by atoms with E-state index in [4.69, 9.17) is 10.2 Å². The highest BCUT2D eigenvalue weighted by atomic mass is 32.2. The maximum absolute atomic E-state index is 9.15. The molecule has 0 radical (unpaired) electrons. The molecule has 1 atom stereocenters. The van der Waals surface area contributed by atoms with Gasteiger partial charge < -0.3 is 10.2 Å². The highest BCUT2D eigenvalue weighted by molar-refractivity contribution is 7.99. The van der Waals surface area contributed by atoms with Crippen molar-refractivity contribution in [1.82, 2.24) is 25.3 Å². The van der Waals surface area contributed by atoms with Gasteiger partial charge in [0.15, 0.2) is 5.65 Å². The van der Waals surface area contributed by atoms with Crippen molar-refractivity contribution in [2.45, 2.75) is 11.1 Å². The average Bonchev–Trinajstić information content (AvgIpc) is 2.72. The van der Waals surface area contributed by atoms with Gasteiger partial charge in [0, 0.05) is 5.75 Å². The van der Waals surface area contributed by atoms with Crippen LogP contribution in [0.5, 0.6) is 0 Å². The minimum atomic E-state index is -0.735. The van der Waals surface area contributed by atoms with E-state index in [-0.39, 0.29) is 6.61 Å². The molecule has 2 aromatic rings. The quantitative estimate of drug-likeness (QED) is 0.644. The Morgan fingerprint density at radius 1 is 1.47 bits per heavy atom. The first-order chi connectivity index (χ1) is 7.29. The summed E-state index contributed by atoms with van der Waals surface area (Å²) < 4.78 is 1.31. The van der Waals surface area contributed by atoms with Crippen LogP contribution in [-0.4, -0.2) is 53.9 Å². The summed E-state index contributed by atoms with van der Waals surface area (Å²) in [6.45, 7) is -0.250. The van der Waals surface area contributed by atoms with E-state index in [9.17, 15) is 0 Å². The third-order valence-electron chi connectivity index (χ3n) is 1.68. The molecule has 0 bridgehead atoms. The lowest BCUT2D eigenvalue weighted by Crippen LogP contribution is -2.14. The molecule has 0 aliphatic heterocycles. The molecule has 0 aliphatic rings. The van der Waals surface area contributed by atoms with E-state index in [2.05, 4.69) is 20.6 Å². The van der Waals surface area contributed by atoms with Crippen LogP contribution in [0.3, 0.4) is 0 Å². The molecular formula is C7H9N5O2S. The molecule has 0 amide bonds. The van der Waals surface area contributed by atoms with Crippen molar-refractivity contribution in [3.8, 4) is 0 Å². The predicted molar refractivity (Wildman–Crippen MR) is 52.4 cm³/mol. The number of aromatic nitrogens is 5. The van der Waals surface area contributed by atoms with E-state index in [1.165, 1.54) is 16.4 Å². The van der Waals surface area contributed by atoms with Crippen molar-refractivity contribution in [3.05, 3.63) is 12.1 Å². The second-order valence-electron chi connectivity index (χ2n) is 2.85. The fourth-order valence-corrected chi connectivity index (χ4v) is 1.71.